The van der Waals surface area contributed by atoms with Crippen molar-refractivity contribution in [3.8, 4) is 5.75 Å². The highest BCUT2D eigenvalue weighted by Gasteiger charge is 2.13. The zero-order chi connectivity index (χ0) is 16.0. The Balaban J connectivity index is 2.14. The molecule has 0 saturated carbocycles. The number of rotatable bonds is 6. The number of benzene rings is 1. The van der Waals surface area contributed by atoms with Gasteiger partial charge in [-0.3, -0.25) is 4.98 Å². The number of ether oxygens (including phenoxy) is 1. The van der Waals surface area contributed by atoms with Crippen LogP contribution >= 0.6 is 0 Å². The molecule has 1 aromatic carbocycles. The van der Waals surface area contributed by atoms with Crippen molar-refractivity contribution in [1.82, 2.24) is 9.82 Å². The topological polar surface area (TPSA) is 80.7 Å². The van der Waals surface area contributed by atoms with Crippen molar-refractivity contribution in [2.75, 3.05) is 6.61 Å². The first kappa shape index (κ1) is 16.0. The van der Waals surface area contributed by atoms with Gasteiger partial charge in [-0.05, 0) is 50.2 Å². The first-order chi connectivity index (χ1) is 10.5. The molecule has 22 heavy (non-hydrogen) atoms. The number of hydrogen-bond acceptors (Lipinski definition) is 5. The normalized spacial score (nSPS) is 12.0. The van der Waals surface area contributed by atoms with Crippen LogP contribution in [-0.4, -0.2) is 25.7 Å². The van der Waals surface area contributed by atoms with Gasteiger partial charge < -0.3 is 4.74 Å². The molecule has 2 rings (SSSR count). The van der Waals surface area contributed by atoms with Gasteiger partial charge in [0.2, 0.25) is 0 Å². The van der Waals surface area contributed by atoms with Gasteiger partial charge in [-0.2, -0.15) is 18.4 Å². The smallest absolute Gasteiger partial charge is 0.276 e. The van der Waals surface area contributed by atoms with E-state index in [1.54, 1.807) is 37.4 Å². The number of hydrogen-bond donors (Lipinski definition) is 1. The molecule has 0 fully saturated rings. The number of sulfonamides is 1. The van der Waals surface area contributed by atoms with Crippen LogP contribution < -0.4 is 9.57 Å². The molecule has 1 N–H and O–H groups in total. The lowest BCUT2D eigenvalue weighted by Gasteiger charge is -2.06. The highest BCUT2D eigenvalue weighted by molar-refractivity contribution is 7.89. The van der Waals surface area contributed by atoms with E-state index in [4.69, 9.17) is 4.74 Å². The monoisotopic (exact) mass is 319 g/mol. The fourth-order valence-electron chi connectivity index (χ4n) is 1.70. The highest BCUT2D eigenvalue weighted by atomic mass is 32.2. The molecule has 0 bridgehead atoms. The van der Waals surface area contributed by atoms with Gasteiger partial charge in [0.05, 0.1) is 22.9 Å². The lowest BCUT2D eigenvalue weighted by molar-refractivity contribution is 0.340. The van der Waals surface area contributed by atoms with E-state index in [0.29, 0.717) is 23.8 Å². The van der Waals surface area contributed by atoms with Crippen LogP contribution in [0.4, 0.5) is 0 Å². The Morgan fingerprint density at radius 2 is 1.95 bits per heavy atom. The standard InChI is InChI=1S/C15H17N3O3S/c1-3-21-13-7-9-14(10-8-13)22(19,20)18-17-12(2)15-6-4-5-11-16-15/h4-11,18H,3H2,1-2H3/b17-12+. The molecule has 0 spiro atoms. The molecule has 1 heterocycles. The molecule has 0 atom stereocenters. The summed E-state index contributed by atoms with van der Waals surface area (Å²) in [7, 11) is -3.72. The summed E-state index contributed by atoms with van der Waals surface area (Å²) in [6, 6.07) is 11.5. The van der Waals surface area contributed by atoms with E-state index in [1.807, 2.05) is 13.0 Å². The first-order valence-corrected chi connectivity index (χ1v) is 8.21. The largest absolute Gasteiger partial charge is 0.494 e. The molecule has 2 aromatic rings. The maximum atomic E-state index is 12.2. The highest BCUT2D eigenvalue weighted by Crippen LogP contribution is 2.15. The summed E-state index contributed by atoms with van der Waals surface area (Å²) >= 11 is 0. The van der Waals surface area contributed by atoms with Crippen LogP contribution in [0.1, 0.15) is 19.5 Å². The minimum Gasteiger partial charge on any atom is -0.494 e. The Hall–Kier alpha value is -2.41. The van der Waals surface area contributed by atoms with Crippen molar-refractivity contribution in [3.63, 3.8) is 0 Å². The third-order valence-electron chi connectivity index (χ3n) is 2.81. The quantitative estimate of drug-likeness (QED) is 0.653. The molecular weight excluding hydrogens is 302 g/mol. The van der Waals surface area contributed by atoms with Crippen LogP contribution in [0.15, 0.2) is 58.7 Å². The fraction of sp³-hybridized carbons (Fsp3) is 0.200. The average Bonchev–Trinajstić information content (AvgIpc) is 2.54. The maximum Gasteiger partial charge on any atom is 0.276 e. The Morgan fingerprint density at radius 1 is 1.23 bits per heavy atom. The van der Waals surface area contributed by atoms with Gasteiger partial charge in [0, 0.05) is 6.20 Å². The van der Waals surface area contributed by atoms with Crippen molar-refractivity contribution < 1.29 is 13.2 Å². The molecule has 1 aromatic heterocycles. The molecular formula is C15H17N3O3S. The van der Waals surface area contributed by atoms with Crippen LogP contribution in [0.5, 0.6) is 5.75 Å². The summed E-state index contributed by atoms with van der Waals surface area (Å²) in [5.41, 5.74) is 1.09. The number of hydrazone groups is 1. The summed E-state index contributed by atoms with van der Waals surface area (Å²) in [6.07, 6.45) is 1.62. The van der Waals surface area contributed by atoms with E-state index in [0.717, 1.165) is 0 Å². The summed E-state index contributed by atoms with van der Waals surface area (Å²) in [5.74, 6) is 0.620. The Labute approximate surface area is 129 Å². The van der Waals surface area contributed by atoms with Gasteiger partial charge in [-0.1, -0.05) is 6.07 Å². The van der Waals surface area contributed by atoms with E-state index in [-0.39, 0.29) is 4.90 Å². The zero-order valence-corrected chi connectivity index (χ0v) is 13.2. The third-order valence-corrected chi connectivity index (χ3v) is 4.04. The Bertz CT molecular complexity index is 741. The predicted molar refractivity (Wildman–Crippen MR) is 84.4 cm³/mol. The summed E-state index contributed by atoms with van der Waals surface area (Å²) in [4.78, 5) is 6.43. The molecule has 0 aliphatic rings. The average molecular weight is 319 g/mol. The van der Waals surface area contributed by atoms with E-state index in [1.165, 1.54) is 12.1 Å². The molecule has 0 aliphatic heterocycles. The summed E-state index contributed by atoms with van der Waals surface area (Å²) < 4.78 is 29.6. The third kappa shape index (κ3) is 4.05. The number of pyridine rings is 1. The summed E-state index contributed by atoms with van der Waals surface area (Å²) in [5, 5.41) is 3.89. The summed E-state index contributed by atoms with van der Waals surface area (Å²) in [6.45, 7) is 4.07. The molecule has 0 aliphatic carbocycles. The van der Waals surface area contributed by atoms with Gasteiger partial charge in [0.15, 0.2) is 0 Å². The SMILES string of the molecule is CCOc1ccc(S(=O)(=O)N/N=C(\C)c2ccccn2)cc1. The second-order valence-corrected chi connectivity index (χ2v) is 6.07. The van der Waals surface area contributed by atoms with Crippen molar-refractivity contribution in [1.29, 1.82) is 0 Å². The lowest BCUT2D eigenvalue weighted by Crippen LogP contribution is -2.20. The van der Waals surface area contributed by atoms with Crippen molar-refractivity contribution in [2.45, 2.75) is 18.7 Å². The van der Waals surface area contributed by atoms with Gasteiger partial charge in [-0.15, -0.1) is 0 Å². The van der Waals surface area contributed by atoms with Gasteiger partial charge >= 0.3 is 0 Å². The number of aromatic nitrogens is 1. The molecule has 116 valence electrons. The van der Waals surface area contributed by atoms with E-state index >= 15 is 0 Å². The molecule has 0 radical (unpaired) electrons. The molecule has 0 unspecified atom stereocenters. The van der Waals surface area contributed by atoms with E-state index in [9.17, 15) is 8.42 Å². The van der Waals surface area contributed by atoms with Crippen molar-refractivity contribution in [3.05, 3.63) is 54.4 Å². The lowest BCUT2D eigenvalue weighted by atomic mass is 10.3. The molecule has 7 heteroatoms. The number of nitrogens with zero attached hydrogens (tertiary/aromatic N) is 2. The van der Waals surface area contributed by atoms with Gasteiger partial charge in [0.1, 0.15) is 5.75 Å². The molecule has 6 nitrogen and oxygen atoms in total. The van der Waals surface area contributed by atoms with Gasteiger partial charge in [-0.25, -0.2) is 0 Å². The minimum absolute atomic E-state index is 0.119. The Kier molecular flexibility index (Phi) is 5.11. The van der Waals surface area contributed by atoms with Crippen LogP contribution in [0.3, 0.4) is 0 Å². The first-order valence-electron chi connectivity index (χ1n) is 6.73. The fourth-order valence-corrected chi connectivity index (χ4v) is 2.55. The second kappa shape index (κ2) is 7.04. The number of nitrogens with one attached hydrogen (secondary N) is 1. The van der Waals surface area contributed by atoms with E-state index in [2.05, 4.69) is 14.9 Å². The molecule has 0 saturated heterocycles. The predicted octanol–water partition coefficient (Wildman–Crippen LogP) is 2.18. The Morgan fingerprint density at radius 3 is 2.55 bits per heavy atom. The maximum absolute atomic E-state index is 12.2. The van der Waals surface area contributed by atoms with Crippen LogP contribution in [0.25, 0.3) is 0 Å². The van der Waals surface area contributed by atoms with Crippen LogP contribution in [-0.2, 0) is 10.0 Å². The van der Waals surface area contributed by atoms with Crippen molar-refractivity contribution in [2.24, 2.45) is 5.10 Å². The zero-order valence-electron chi connectivity index (χ0n) is 12.4. The minimum atomic E-state index is -3.72. The van der Waals surface area contributed by atoms with Crippen LogP contribution in [0.2, 0.25) is 0 Å². The van der Waals surface area contributed by atoms with Gasteiger partial charge in [0.25, 0.3) is 10.0 Å². The second-order valence-electron chi connectivity index (χ2n) is 4.41. The van der Waals surface area contributed by atoms with Crippen molar-refractivity contribution >= 4 is 15.7 Å². The van der Waals surface area contributed by atoms with E-state index < -0.39 is 10.0 Å². The molecule has 0 amide bonds. The van der Waals surface area contributed by atoms with Crippen LogP contribution in [0, 0.1) is 0 Å².